The van der Waals surface area contributed by atoms with Gasteiger partial charge in [-0.15, -0.1) is 0 Å². The third-order valence-corrected chi connectivity index (χ3v) is 5.62. The molecule has 0 unspecified atom stereocenters. The van der Waals surface area contributed by atoms with Crippen molar-refractivity contribution >= 4 is 16.8 Å². The zero-order chi connectivity index (χ0) is 21.3. The summed E-state index contributed by atoms with van der Waals surface area (Å²) in [5.74, 6) is 1.45. The van der Waals surface area contributed by atoms with Gasteiger partial charge in [0.1, 0.15) is 48.2 Å². The molecule has 2 aromatic carbocycles. The van der Waals surface area contributed by atoms with Gasteiger partial charge in [0, 0.05) is 5.39 Å². The third-order valence-electron chi connectivity index (χ3n) is 5.62. The van der Waals surface area contributed by atoms with E-state index in [1.165, 1.54) is 12.0 Å². The van der Waals surface area contributed by atoms with Crippen molar-refractivity contribution in [2.45, 2.75) is 13.5 Å². The maximum absolute atomic E-state index is 13.6. The number of carbonyl (C=O) groups excluding carboxylic acids is 1. The van der Waals surface area contributed by atoms with Crippen molar-refractivity contribution in [1.82, 2.24) is 0 Å². The lowest BCUT2D eigenvalue weighted by Gasteiger charge is -2.24. The number of aryl methyl sites for hydroxylation is 1. The molecular weight excluding hydrogens is 386 g/mol. The van der Waals surface area contributed by atoms with Crippen molar-refractivity contribution in [3.63, 3.8) is 0 Å². The quantitative estimate of drug-likeness (QED) is 0.604. The Morgan fingerprint density at radius 1 is 1.13 bits per heavy atom. The lowest BCUT2D eigenvalue weighted by molar-refractivity contribution is -0.921. The number of aromatic hydroxyl groups is 1. The fourth-order valence-corrected chi connectivity index (χ4v) is 4.03. The molecule has 2 heterocycles. The number of phenols is 1. The Morgan fingerprint density at radius 2 is 1.90 bits per heavy atom. The zero-order valence-corrected chi connectivity index (χ0v) is 17.4. The van der Waals surface area contributed by atoms with E-state index in [1.54, 1.807) is 44.4 Å². The maximum Gasteiger partial charge on any atom is 0.201 e. The molecule has 7 heteroatoms. The summed E-state index contributed by atoms with van der Waals surface area (Å²) >= 11 is 0. The van der Waals surface area contributed by atoms with Crippen LogP contribution in [0, 0.1) is 6.92 Å². The number of ether oxygens (including phenoxy) is 3. The molecule has 3 aromatic rings. The fraction of sp³-hybridized carbons (Fsp3) is 0.348. The number of quaternary nitrogens is 1. The highest BCUT2D eigenvalue weighted by Crippen LogP contribution is 2.36. The number of hydrogen-bond donors (Lipinski definition) is 2. The minimum Gasteiger partial charge on any atom is -0.507 e. The van der Waals surface area contributed by atoms with Crippen molar-refractivity contribution < 1.29 is 33.4 Å². The summed E-state index contributed by atoms with van der Waals surface area (Å²) in [6, 6.07) is 8.44. The highest BCUT2D eigenvalue weighted by Gasteiger charge is 2.28. The van der Waals surface area contributed by atoms with E-state index in [1.807, 2.05) is 0 Å². The number of phenolic OH excluding ortho intramolecular Hbond substituents is 1. The van der Waals surface area contributed by atoms with Crippen LogP contribution in [0.2, 0.25) is 0 Å². The van der Waals surface area contributed by atoms with Crippen LogP contribution in [0.1, 0.15) is 27.2 Å². The van der Waals surface area contributed by atoms with Gasteiger partial charge >= 0.3 is 0 Å². The molecular formula is C23H26NO6+. The van der Waals surface area contributed by atoms with Crippen LogP contribution in [0.3, 0.4) is 0 Å². The van der Waals surface area contributed by atoms with Crippen LogP contribution >= 0.6 is 0 Å². The number of fused-ring (bicyclic) bond motifs is 1. The van der Waals surface area contributed by atoms with Crippen molar-refractivity contribution in [2.75, 3.05) is 40.5 Å². The van der Waals surface area contributed by atoms with Gasteiger partial charge in [-0.25, -0.2) is 0 Å². The number of ketones is 1. The van der Waals surface area contributed by atoms with Gasteiger partial charge in [0.25, 0.3) is 0 Å². The topological polar surface area (TPSA) is 82.6 Å². The molecule has 1 fully saturated rings. The van der Waals surface area contributed by atoms with Gasteiger partial charge in [-0.1, -0.05) is 0 Å². The maximum atomic E-state index is 13.6. The summed E-state index contributed by atoms with van der Waals surface area (Å²) in [6.07, 6.45) is 0. The molecule has 0 bridgehead atoms. The summed E-state index contributed by atoms with van der Waals surface area (Å²) in [5.41, 5.74) is 2.12. The molecule has 158 valence electrons. The first kappa shape index (κ1) is 20.3. The molecule has 7 nitrogen and oxygen atoms in total. The highest BCUT2D eigenvalue weighted by atomic mass is 16.5. The van der Waals surface area contributed by atoms with Crippen LogP contribution in [-0.2, 0) is 11.3 Å². The van der Waals surface area contributed by atoms with E-state index in [4.69, 9.17) is 18.6 Å². The molecule has 4 rings (SSSR count). The molecule has 0 aliphatic carbocycles. The van der Waals surface area contributed by atoms with Crippen LogP contribution < -0.4 is 14.4 Å². The Labute approximate surface area is 174 Å². The average molecular weight is 412 g/mol. The molecule has 1 aliphatic heterocycles. The number of nitrogens with one attached hydrogen (secondary N) is 1. The van der Waals surface area contributed by atoms with Gasteiger partial charge in [-0.2, -0.15) is 0 Å². The molecule has 0 radical (unpaired) electrons. The average Bonchev–Trinajstić information content (AvgIpc) is 3.11. The first-order valence-electron chi connectivity index (χ1n) is 9.95. The number of methoxy groups -OCH3 is 2. The second-order valence-electron chi connectivity index (χ2n) is 7.40. The third kappa shape index (κ3) is 3.62. The molecule has 1 saturated heterocycles. The highest BCUT2D eigenvalue weighted by molar-refractivity contribution is 6.19. The molecule has 0 atom stereocenters. The van der Waals surface area contributed by atoms with E-state index >= 15 is 0 Å². The SMILES string of the molecule is COc1ccc(OC)c(C(=O)c2c(C)oc3ccc(O)c(C[NH+]4CCOCC4)c23)c1. The lowest BCUT2D eigenvalue weighted by Crippen LogP contribution is -3.12. The minimum absolute atomic E-state index is 0.161. The van der Waals surface area contributed by atoms with Crippen LogP contribution in [0.15, 0.2) is 34.7 Å². The molecule has 30 heavy (non-hydrogen) atoms. The summed E-state index contributed by atoms with van der Waals surface area (Å²) in [4.78, 5) is 14.9. The van der Waals surface area contributed by atoms with Gasteiger partial charge < -0.3 is 28.6 Å². The molecule has 2 N–H and O–H groups in total. The van der Waals surface area contributed by atoms with Gasteiger partial charge in [-0.3, -0.25) is 4.79 Å². The van der Waals surface area contributed by atoms with E-state index < -0.39 is 0 Å². The largest absolute Gasteiger partial charge is 0.507 e. The van der Waals surface area contributed by atoms with Crippen molar-refractivity contribution in [3.8, 4) is 17.2 Å². The van der Waals surface area contributed by atoms with E-state index in [0.29, 0.717) is 64.7 Å². The van der Waals surface area contributed by atoms with Gasteiger partial charge in [0.15, 0.2) is 0 Å². The Bertz CT molecular complexity index is 1080. The molecule has 0 saturated carbocycles. The van der Waals surface area contributed by atoms with Crippen LogP contribution in [0.5, 0.6) is 17.2 Å². The summed E-state index contributed by atoms with van der Waals surface area (Å²) in [7, 11) is 3.08. The normalized spacial score (nSPS) is 14.8. The van der Waals surface area contributed by atoms with Crippen molar-refractivity contribution in [2.24, 2.45) is 0 Å². The van der Waals surface area contributed by atoms with Crippen LogP contribution in [0.4, 0.5) is 0 Å². The van der Waals surface area contributed by atoms with Gasteiger partial charge in [0.05, 0.1) is 44.1 Å². The smallest absolute Gasteiger partial charge is 0.201 e. The number of morpholine rings is 1. The molecule has 0 amide bonds. The summed E-state index contributed by atoms with van der Waals surface area (Å²) < 4.78 is 22.1. The van der Waals surface area contributed by atoms with Gasteiger partial charge in [0.2, 0.25) is 5.78 Å². The first-order chi connectivity index (χ1) is 14.5. The molecule has 0 spiro atoms. The second-order valence-corrected chi connectivity index (χ2v) is 7.40. The Hall–Kier alpha value is -3.03. The number of hydrogen-bond acceptors (Lipinski definition) is 6. The Morgan fingerprint density at radius 3 is 2.60 bits per heavy atom. The zero-order valence-electron chi connectivity index (χ0n) is 17.4. The minimum atomic E-state index is -0.231. The number of carbonyl (C=O) groups is 1. The van der Waals surface area contributed by atoms with E-state index in [0.717, 1.165) is 13.1 Å². The van der Waals surface area contributed by atoms with Crippen LogP contribution in [-0.4, -0.2) is 51.4 Å². The van der Waals surface area contributed by atoms with E-state index in [9.17, 15) is 9.90 Å². The monoisotopic (exact) mass is 412 g/mol. The standard InChI is InChI=1S/C23H25NO6/c1-14-21(23(26)16-12-15(27-2)4-6-19(16)28-3)22-17(13-24-8-10-29-11-9-24)18(25)5-7-20(22)30-14/h4-7,12,25H,8-11,13H2,1-3H3/p+1. The van der Waals surface area contributed by atoms with E-state index in [2.05, 4.69) is 0 Å². The predicted octanol–water partition coefficient (Wildman–Crippen LogP) is 2.11. The van der Waals surface area contributed by atoms with Crippen LogP contribution in [0.25, 0.3) is 11.0 Å². The van der Waals surface area contributed by atoms with Gasteiger partial charge in [-0.05, 0) is 37.3 Å². The first-order valence-corrected chi connectivity index (χ1v) is 9.95. The summed E-state index contributed by atoms with van der Waals surface area (Å²) in [6.45, 7) is 5.41. The summed E-state index contributed by atoms with van der Waals surface area (Å²) in [5, 5.41) is 11.3. The number of furan rings is 1. The predicted molar refractivity (Wildman–Crippen MR) is 111 cm³/mol. The van der Waals surface area contributed by atoms with E-state index in [-0.39, 0.29) is 11.5 Å². The van der Waals surface area contributed by atoms with Crippen molar-refractivity contribution in [1.29, 1.82) is 0 Å². The number of rotatable bonds is 6. The Kier molecular flexibility index (Phi) is 5.65. The van der Waals surface area contributed by atoms with Crippen molar-refractivity contribution in [3.05, 3.63) is 52.8 Å². The number of benzene rings is 2. The lowest BCUT2D eigenvalue weighted by atomic mass is 9.96. The fourth-order valence-electron chi connectivity index (χ4n) is 4.03. The molecule has 1 aliphatic rings. The second kappa shape index (κ2) is 8.38. The molecule has 1 aromatic heterocycles. The Balaban J connectivity index is 1.86.